The second-order valence-corrected chi connectivity index (χ2v) is 14.6. The van der Waals surface area contributed by atoms with Gasteiger partial charge in [0.2, 0.25) is 0 Å². The van der Waals surface area contributed by atoms with Crippen LogP contribution >= 0.6 is 0 Å². The molecule has 0 saturated heterocycles. The lowest BCUT2D eigenvalue weighted by Gasteiger charge is -2.65. The average Bonchev–Trinajstić information content (AvgIpc) is 3.16. The Hall–Kier alpha value is -5.98. The first kappa shape index (κ1) is 30.1. The molecular formula is C44H34N6. The minimum absolute atomic E-state index is 0.273. The van der Waals surface area contributed by atoms with Gasteiger partial charge in [-0.05, 0) is 113 Å². The molecule has 0 aliphatic heterocycles. The first-order valence-electron chi connectivity index (χ1n) is 17.4. The van der Waals surface area contributed by atoms with Crippen LogP contribution < -0.4 is 0 Å². The summed E-state index contributed by atoms with van der Waals surface area (Å²) in [7, 11) is 0. The third kappa shape index (κ3) is 5.16. The van der Waals surface area contributed by atoms with Crippen LogP contribution in [0, 0.1) is 46.3 Å². The Bertz CT molecular complexity index is 2310. The summed E-state index contributed by atoms with van der Waals surface area (Å²) < 4.78 is 0. The molecule has 5 atom stereocenters. The Kier molecular flexibility index (Phi) is 7.14. The van der Waals surface area contributed by atoms with Crippen LogP contribution in [-0.2, 0) is 5.41 Å². The summed E-state index contributed by atoms with van der Waals surface area (Å²) in [5.74, 6) is 5.58. The topological polar surface area (TPSA) is 99.1 Å². The van der Waals surface area contributed by atoms with Crippen LogP contribution in [0.25, 0.3) is 56.4 Å². The van der Waals surface area contributed by atoms with Crippen LogP contribution in [-0.4, -0.2) is 19.9 Å². The molecular weight excluding hydrogens is 613 g/mol. The molecule has 2 aromatic heterocycles. The van der Waals surface area contributed by atoms with E-state index in [4.69, 9.17) is 15.0 Å². The predicted octanol–water partition coefficient (Wildman–Crippen LogP) is 9.67. The van der Waals surface area contributed by atoms with E-state index in [2.05, 4.69) is 66.5 Å². The van der Waals surface area contributed by atoms with Crippen LogP contribution in [0.15, 0.2) is 116 Å². The van der Waals surface area contributed by atoms with Gasteiger partial charge >= 0.3 is 0 Å². The molecule has 3 aliphatic rings. The van der Waals surface area contributed by atoms with Crippen molar-refractivity contribution in [2.45, 2.75) is 38.0 Å². The fraction of sp³-hybridized carbons (Fsp3) is 0.227. The first-order chi connectivity index (χ1) is 24.5. The third-order valence-electron chi connectivity index (χ3n) is 11.6. The number of aromatic nitrogens is 4. The van der Waals surface area contributed by atoms with Gasteiger partial charge in [-0.3, -0.25) is 4.98 Å². The maximum atomic E-state index is 9.59. The molecule has 2 heterocycles. The van der Waals surface area contributed by atoms with Crippen LogP contribution in [0.4, 0.5) is 0 Å². The zero-order valence-corrected chi connectivity index (χ0v) is 27.8. The Labute approximate surface area is 292 Å². The van der Waals surface area contributed by atoms with Crippen molar-refractivity contribution in [3.05, 3.63) is 132 Å². The van der Waals surface area contributed by atoms with Gasteiger partial charge in [0.15, 0.2) is 17.5 Å². The second-order valence-electron chi connectivity index (χ2n) is 14.6. The molecule has 4 aromatic carbocycles. The van der Waals surface area contributed by atoms with Gasteiger partial charge in [0, 0.05) is 34.6 Å². The van der Waals surface area contributed by atoms with Crippen molar-refractivity contribution in [1.29, 1.82) is 10.5 Å². The van der Waals surface area contributed by atoms with Gasteiger partial charge in [0.25, 0.3) is 0 Å². The number of pyridine rings is 1. The Morgan fingerprint density at radius 3 is 1.80 bits per heavy atom. The van der Waals surface area contributed by atoms with Crippen molar-refractivity contribution >= 4 is 0 Å². The number of hydrogen-bond acceptors (Lipinski definition) is 6. The molecule has 0 spiro atoms. The summed E-state index contributed by atoms with van der Waals surface area (Å²) in [5.41, 5.74) is 9.38. The molecule has 6 nitrogen and oxygen atoms in total. The van der Waals surface area contributed by atoms with E-state index in [1.54, 1.807) is 24.5 Å². The van der Waals surface area contributed by atoms with E-state index in [0.29, 0.717) is 28.6 Å². The highest BCUT2D eigenvalue weighted by Gasteiger charge is 2.59. The highest BCUT2D eigenvalue weighted by molar-refractivity contribution is 5.75. The molecule has 3 fully saturated rings. The summed E-state index contributed by atoms with van der Waals surface area (Å²) in [4.78, 5) is 18.9. The Morgan fingerprint density at radius 1 is 0.600 bits per heavy atom. The van der Waals surface area contributed by atoms with Crippen molar-refractivity contribution in [2.75, 3.05) is 0 Å². The molecule has 9 rings (SSSR count). The van der Waals surface area contributed by atoms with E-state index in [-0.39, 0.29) is 5.41 Å². The maximum Gasteiger partial charge on any atom is 0.164 e. The number of nitriles is 2. The normalized spacial score (nSPS) is 23.0. The van der Waals surface area contributed by atoms with Gasteiger partial charge in [-0.15, -0.1) is 0 Å². The van der Waals surface area contributed by atoms with E-state index in [0.717, 1.165) is 57.1 Å². The maximum absolute atomic E-state index is 9.59. The monoisotopic (exact) mass is 646 g/mol. The lowest BCUT2D eigenvalue weighted by atomic mass is 9.39. The van der Waals surface area contributed by atoms with Crippen molar-refractivity contribution in [3.8, 4) is 68.6 Å². The summed E-state index contributed by atoms with van der Waals surface area (Å²) in [5, 5.41) is 18.9. The van der Waals surface area contributed by atoms with E-state index in [1.807, 2.05) is 48.5 Å². The van der Waals surface area contributed by atoms with E-state index in [1.165, 1.54) is 36.8 Å². The lowest BCUT2D eigenvalue weighted by molar-refractivity contribution is -0.141. The number of nitrogens with zero attached hydrogens (tertiary/aromatic N) is 6. The highest BCUT2D eigenvalue weighted by Crippen LogP contribution is 2.67. The number of rotatable bonds is 6. The molecule has 3 aliphatic carbocycles. The van der Waals surface area contributed by atoms with Gasteiger partial charge in [-0.2, -0.15) is 10.5 Å². The van der Waals surface area contributed by atoms with Gasteiger partial charge < -0.3 is 0 Å². The zero-order valence-electron chi connectivity index (χ0n) is 27.8. The van der Waals surface area contributed by atoms with Gasteiger partial charge in [0.1, 0.15) is 6.07 Å². The smallest absolute Gasteiger partial charge is 0.164 e. The highest BCUT2D eigenvalue weighted by atomic mass is 15.0. The first-order valence-corrected chi connectivity index (χ1v) is 17.4. The molecule has 0 bridgehead atoms. The zero-order chi connectivity index (χ0) is 33.8. The molecule has 2 unspecified atom stereocenters. The second kappa shape index (κ2) is 11.9. The van der Waals surface area contributed by atoms with Crippen molar-refractivity contribution in [3.63, 3.8) is 0 Å². The van der Waals surface area contributed by atoms with Crippen molar-refractivity contribution < 1.29 is 0 Å². The predicted molar refractivity (Wildman–Crippen MR) is 194 cm³/mol. The molecule has 6 aromatic rings. The molecule has 0 amide bonds. The third-order valence-corrected chi connectivity index (χ3v) is 11.6. The Balaban J connectivity index is 1.06. The minimum atomic E-state index is 0.273. The largest absolute Gasteiger partial charge is 0.263 e. The van der Waals surface area contributed by atoms with Crippen LogP contribution in [0.5, 0.6) is 0 Å². The molecule has 0 radical (unpaired) electrons. The van der Waals surface area contributed by atoms with Gasteiger partial charge in [-0.1, -0.05) is 73.7 Å². The van der Waals surface area contributed by atoms with Crippen LogP contribution in [0.2, 0.25) is 0 Å². The molecule has 6 heteroatoms. The fourth-order valence-electron chi connectivity index (χ4n) is 9.07. The molecule has 3 saturated carbocycles. The number of benzene rings is 4. The summed E-state index contributed by atoms with van der Waals surface area (Å²) in [6.45, 7) is 2.49. The van der Waals surface area contributed by atoms with Gasteiger partial charge in [0.05, 0.1) is 17.2 Å². The van der Waals surface area contributed by atoms with E-state index < -0.39 is 0 Å². The lowest BCUT2D eigenvalue weighted by Crippen LogP contribution is -2.58. The van der Waals surface area contributed by atoms with Gasteiger partial charge in [-0.25, -0.2) is 15.0 Å². The van der Waals surface area contributed by atoms with E-state index in [9.17, 15) is 10.5 Å². The molecule has 50 heavy (non-hydrogen) atoms. The molecule has 0 N–H and O–H groups in total. The van der Waals surface area contributed by atoms with Crippen LogP contribution in [0.3, 0.4) is 0 Å². The minimum Gasteiger partial charge on any atom is -0.263 e. The van der Waals surface area contributed by atoms with Crippen molar-refractivity contribution in [1.82, 2.24) is 19.9 Å². The summed E-state index contributed by atoms with van der Waals surface area (Å²) in [6, 6.07) is 39.1. The fourth-order valence-corrected chi connectivity index (χ4v) is 9.07. The van der Waals surface area contributed by atoms with E-state index >= 15 is 0 Å². The average molecular weight is 647 g/mol. The van der Waals surface area contributed by atoms with Crippen molar-refractivity contribution in [2.24, 2.45) is 23.7 Å². The SMILES string of the molecule is CC1(c2ccc(-c3cccc(-c4nc(-c5ccc(C#N)cc5)nc(-c5ccc(-c6ccncc6C#N)cc5)n4)c3)cc2)C[C@H]2CC3C[C@@H](C1)[C@H]32. The summed E-state index contributed by atoms with van der Waals surface area (Å²) >= 11 is 0. The summed E-state index contributed by atoms with van der Waals surface area (Å²) in [6.07, 6.45) is 8.83. The quantitative estimate of drug-likeness (QED) is 0.179. The molecule has 240 valence electrons. The van der Waals surface area contributed by atoms with Crippen LogP contribution in [0.1, 0.15) is 49.3 Å². The number of hydrogen-bond donors (Lipinski definition) is 0. The Morgan fingerprint density at radius 2 is 1.18 bits per heavy atom. The standard InChI is InChI=1S/C44H34N6/c1-44(22-35-20-34-21-36(23-44)40(34)35)38-15-13-28(14-16-38)32-3-2-4-33(19-32)43-49-41(30-7-5-27(24-45)6-8-30)48-42(50-43)31-11-9-29(10-12-31)39-17-18-47-26-37(39)25-46/h2-19,26,34-36,40H,20-23H2,1H3/t34?,35-,36+,40-,44?.